The van der Waals surface area contributed by atoms with Crippen molar-refractivity contribution in [1.29, 1.82) is 0 Å². The monoisotopic (exact) mass is 514 g/mol. The number of fused-ring (bicyclic) bond motifs is 1. The molecule has 1 aromatic carbocycles. The van der Waals surface area contributed by atoms with Crippen molar-refractivity contribution in [3.8, 4) is 16.8 Å². The van der Waals surface area contributed by atoms with Gasteiger partial charge in [0.2, 0.25) is 5.91 Å². The van der Waals surface area contributed by atoms with E-state index in [1.54, 1.807) is 41.3 Å². The van der Waals surface area contributed by atoms with Crippen LogP contribution in [-0.2, 0) is 17.5 Å². The molecule has 4 aromatic rings. The van der Waals surface area contributed by atoms with Gasteiger partial charge in [-0.3, -0.25) is 9.78 Å². The van der Waals surface area contributed by atoms with Crippen LogP contribution >= 0.6 is 22.9 Å². The third kappa shape index (κ3) is 4.37. The van der Waals surface area contributed by atoms with Crippen molar-refractivity contribution in [3.05, 3.63) is 99.7 Å². The van der Waals surface area contributed by atoms with Crippen LogP contribution in [0.1, 0.15) is 27.6 Å². The summed E-state index contributed by atoms with van der Waals surface area (Å²) in [7, 11) is 0. The summed E-state index contributed by atoms with van der Waals surface area (Å²) in [5.41, 5.74) is 1.40. The molecule has 3 aromatic heterocycles. The number of alkyl halides is 3. The Balaban J connectivity index is 1.68. The van der Waals surface area contributed by atoms with E-state index < -0.39 is 11.9 Å². The molecule has 1 aliphatic heterocycles. The molecule has 0 N–H and O–H groups in total. The largest absolute Gasteiger partial charge is 0.435 e. The average molecular weight is 515 g/mol. The summed E-state index contributed by atoms with van der Waals surface area (Å²) in [5.74, 6) is -0.614. The maximum Gasteiger partial charge on any atom is 0.435 e. The van der Waals surface area contributed by atoms with Crippen molar-refractivity contribution >= 4 is 28.8 Å². The van der Waals surface area contributed by atoms with E-state index in [2.05, 4.69) is 16.7 Å². The first-order chi connectivity index (χ1) is 16.8. The Morgan fingerprint density at radius 3 is 2.60 bits per heavy atom. The number of nitrogens with zero attached hydrogens (tertiary/aromatic N) is 4. The number of rotatable bonds is 4. The molecule has 1 amide bonds. The van der Waals surface area contributed by atoms with Crippen molar-refractivity contribution in [2.24, 2.45) is 0 Å². The summed E-state index contributed by atoms with van der Waals surface area (Å²) < 4.78 is 44.1. The molecule has 0 unspecified atom stereocenters. The Morgan fingerprint density at radius 2 is 1.89 bits per heavy atom. The highest BCUT2D eigenvalue weighted by Gasteiger charge is 2.39. The number of carbonyl (C=O) groups is 1. The van der Waals surface area contributed by atoms with Gasteiger partial charge in [-0.2, -0.15) is 18.3 Å². The zero-order valence-electron chi connectivity index (χ0n) is 18.2. The van der Waals surface area contributed by atoms with Crippen molar-refractivity contribution in [2.75, 3.05) is 6.54 Å². The third-order valence-electron chi connectivity index (χ3n) is 5.95. The molecule has 1 atom stereocenters. The molecule has 0 spiro atoms. The number of thiophene rings is 1. The fraction of sp³-hybridized carbons (Fsp3) is 0.160. The fourth-order valence-corrected chi connectivity index (χ4v) is 5.76. The van der Waals surface area contributed by atoms with E-state index in [0.29, 0.717) is 34.2 Å². The normalized spacial score (nSPS) is 15.7. The fourth-order valence-electron chi connectivity index (χ4n) is 4.40. The predicted molar refractivity (Wildman–Crippen MR) is 129 cm³/mol. The van der Waals surface area contributed by atoms with E-state index in [0.717, 1.165) is 10.4 Å². The maximum atomic E-state index is 14.1. The standard InChI is InChI=1S/C25H18ClF3N4OS/c1-2-23(34)32-12-19(18-11-22(26)35-21(18)14-32)16-5-3-4-6-17(16)20-13-33(15-7-9-30-10-8-15)31-24(20)25(27,28)29/h2-11,13,19H,1,12,14H2/t19-/m0/s1. The minimum atomic E-state index is -4.67. The lowest BCUT2D eigenvalue weighted by atomic mass is 9.84. The molecule has 1 aliphatic rings. The van der Waals surface area contributed by atoms with Crippen LogP contribution in [0, 0.1) is 0 Å². The molecule has 5 rings (SSSR count). The van der Waals surface area contributed by atoms with Gasteiger partial charge in [-0.15, -0.1) is 11.3 Å². The third-order valence-corrected chi connectivity index (χ3v) is 7.21. The zero-order chi connectivity index (χ0) is 24.7. The number of benzene rings is 1. The number of hydrogen-bond acceptors (Lipinski definition) is 4. The SMILES string of the molecule is C=CC(=O)N1Cc2sc(Cl)cc2[C@H](c2ccccc2-c2cn(-c3ccncc3)nc2C(F)(F)F)C1. The summed E-state index contributed by atoms with van der Waals surface area (Å²) >= 11 is 7.67. The number of amides is 1. The van der Waals surface area contributed by atoms with Gasteiger partial charge in [0.1, 0.15) is 0 Å². The second kappa shape index (κ2) is 8.98. The van der Waals surface area contributed by atoms with Crippen LogP contribution in [0.25, 0.3) is 16.8 Å². The van der Waals surface area contributed by atoms with Crippen LogP contribution in [0.5, 0.6) is 0 Å². The van der Waals surface area contributed by atoms with Crippen molar-refractivity contribution in [3.63, 3.8) is 0 Å². The van der Waals surface area contributed by atoms with E-state index in [1.807, 2.05) is 6.07 Å². The Morgan fingerprint density at radius 1 is 1.14 bits per heavy atom. The number of hydrogen-bond donors (Lipinski definition) is 0. The molecular formula is C25H18ClF3N4OS. The van der Waals surface area contributed by atoms with Crippen molar-refractivity contribution in [2.45, 2.75) is 18.6 Å². The number of carbonyl (C=O) groups excluding carboxylic acids is 1. The Bertz CT molecular complexity index is 1410. The molecule has 0 saturated heterocycles. The summed E-state index contributed by atoms with van der Waals surface area (Å²) in [6.07, 6.45) is 0.937. The summed E-state index contributed by atoms with van der Waals surface area (Å²) in [5, 5.41) is 3.89. The van der Waals surface area contributed by atoms with Crippen molar-refractivity contribution < 1.29 is 18.0 Å². The van der Waals surface area contributed by atoms with Gasteiger partial charge < -0.3 is 4.90 Å². The molecule has 4 heterocycles. The highest BCUT2D eigenvalue weighted by atomic mass is 35.5. The first-order valence-corrected chi connectivity index (χ1v) is 11.8. The molecule has 0 radical (unpaired) electrons. The summed E-state index contributed by atoms with van der Waals surface area (Å²) in [4.78, 5) is 18.9. The number of pyridine rings is 1. The average Bonchev–Trinajstić information content (AvgIpc) is 3.47. The van der Waals surface area contributed by atoms with Gasteiger partial charge in [0.25, 0.3) is 0 Å². The van der Waals surface area contributed by atoms with Gasteiger partial charge in [-0.25, -0.2) is 4.68 Å². The Hall–Kier alpha value is -3.43. The minimum absolute atomic E-state index is 0.0417. The highest BCUT2D eigenvalue weighted by molar-refractivity contribution is 7.16. The minimum Gasteiger partial charge on any atom is -0.333 e. The number of aromatic nitrogens is 3. The molecule has 0 fully saturated rings. The maximum absolute atomic E-state index is 14.1. The second-order valence-corrected chi connectivity index (χ2v) is 9.80. The summed E-state index contributed by atoms with van der Waals surface area (Å²) in [6, 6.07) is 11.9. The van der Waals surface area contributed by atoms with Crippen LogP contribution in [0.2, 0.25) is 4.34 Å². The van der Waals surface area contributed by atoms with E-state index in [9.17, 15) is 18.0 Å². The number of halogens is 4. The van der Waals surface area contributed by atoms with E-state index in [-0.39, 0.29) is 17.4 Å². The first kappa shape index (κ1) is 23.3. The van der Waals surface area contributed by atoms with Gasteiger partial charge in [-0.1, -0.05) is 42.4 Å². The van der Waals surface area contributed by atoms with E-state index >= 15 is 0 Å². The molecule has 178 valence electrons. The van der Waals surface area contributed by atoms with Gasteiger partial charge in [0, 0.05) is 41.5 Å². The Kier molecular flexibility index (Phi) is 5.98. The molecule has 0 saturated carbocycles. The summed E-state index contributed by atoms with van der Waals surface area (Å²) in [6.45, 7) is 4.25. The van der Waals surface area contributed by atoms with Gasteiger partial charge in [-0.05, 0) is 41.0 Å². The topological polar surface area (TPSA) is 51.0 Å². The van der Waals surface area contributed by atoms with E-state index in [4.69, 9.17) is 11.6 Å². The molecule has 35 heavy (non-hydrogen) atoms. The van der Waals surface area contributed by atoms with Crippen LogP contribution in [0.15, 0.2) is 73.7 Å². The van der Waals surface area contributed by atoms with Gasteiger partial charge >= 0.3 is 6.18 Å². The Labute approximate surface area is 208 Å². The molecule has 10 heteroatoms. The van der Waals surface area contributed by atoms with E-state index in [1.165, 1.54) is 40.7 Å². The van der Waals surface area contributed by atoms with Crippen LogP contribution in [0.4, 0.5) is 13.2 Å². The second-order valence-electron chi connectivity index (χ2n) is 8.03. The zero-order valence-corrected chi connectivity index (χ0v) is 19.7. The quantitative estimate of drug-likeness (QED) is 0.299. The lowest BCUT2D eigenvalue weighted by Gasteiger charge is -2.33. The van der Waals surface area contributed by atoms with Crippen LogP contribution in [-0.4, -0.2) is 32.1 Å². The first-order valence-electron chi connectivity index (χ1n) is 10.6. The van der Waals surface area contributed by atoms with Gasteiger partial charge in [0.15, 0.2) is 5.69 Å². The molecule has 0 bridgehead atoms. The molecule has 5 nitrogen and oxygen atoms in total. The predicted octanol–water partition coefficient (Wildman–Crippen LogP) is 6.33. The lowest BCUT2D eigenvalue weighted by molar-refractivity contribution is -0.140. The smallest absolute Gasteiger partial charge is 0.333 e. The van der Waals surface area contributed by atoms with Crippen LogP contribution in [0.3, 0.4) is 0 Å². The van der Waals surface area contributed by atoms with Crippen LogP contribution < -0.4 is 0 Å². The van der Waals surface area contributed by atoms with Crippen molar-refractivity contribution in [1.82, 2.24) is 19.7 Å². The molecule has 0 aliphatic carbocycles. The molecular weight excluding hydrogens is 497 g/mol. The lowest BCUT2D eigenvalue weighted by Crippen LogP contribution is -2.37. The van der Waals surface area contributed by atoms with Gasteiger partial charge in [0.05, 0.1) is 16.6 Å². The highest BCUT2D eigenvalue weighted by Crippen LogP contribution is 2.45.